The van der Waals surface area contributed by atoms with Crippen LogP contribution in [0.15, 0.2) is 24.3 Å². The first-order chi connectivity index (χ1) is 7.65. The van der Waals surface area contributed by atoms with Crippen LogP contribution in [0.2, 0.25) is 0 Å². The summed E-state index contributed by atoms with van der Waals surface area (Å²) in [5.41, 5.74) is 1.18. The van der Waals surface area contributed by atoms with Crippen molar-refractivity contribution in [1.82, 2.24) is 5.32 Å². The molecule has 1 aliphatic rings. The Morgan fingerprint density at radius 3 is 2.81 bits per heavy atom. The second-order valence-electron chi connectivity index (χ2n) is 4.55. The fraction of sp³-hybridized carbons (Fsp3) is 0.462. The molecule has 0 atom stereocenters. The lowest BCUT2D eigenvalue weighted by atomic mass is 10.0. The topological polar surface area (TPSA) is 29.1 Å². The van der Waals surface area contributed by atoms with E-state index in [2.05, 4.69) is 34.8 Å². The maximum absolute atomic E-state index is 11.9. The third-order valence-corrected chi connectivity index (χ3v) is 4.09. The van der Waals surface area contributed by atoms with Gasteiger partial charge in [0.25, 0.3) is 5.91 Å². The largest absolute Gasteiger partial charge is 0.351 e. The van der Waals surface area contributed by atoms with Crippen LogP contribution in [0, 0.1) is 8.99 Å². The zero-order valence-corrected chi connectivity index (χ0v) is 11.6. The summed E-state index contributed by atoms with van der Waals surface area (Å²) in [5, 5.41) is 3.04. The summed E-state index contributed by atoms with van der Waals surface area (Å²) in [5.74, 6) is 0.0539. The smallest absolute Gasteiger partial charge is 0.251 e. The normalized spacial score (nSPS) is 16.9. The van der Waals surface area contributed by atoms with E-state index >= 15 is 0 Å². The van der Waals surface area contributed by atoms with Crippen molar-refractivity contribution < 1.29 is 4.79 Å². The first-order valence-electron chi connectivity index (χ1n) is 5.69. The first kappa shape index (κ1) is 11.9. The molecule has 1 amide bonds. The molecule has 0 bridgehead atoms. The Balaban J connectivity index is 1.93. The molecule has 1 aromatic carbocycles. The summed E-state index contributed by atoms with van der Waals surface area (Å²) in [6.07, 6.45) is 3.69. The molecular weight excluding hydrogens is 313 g/mol. The SMILES string of the molecule is CCC1(CNC(=O)c2cccc(I)c2)CC1. The molecule has 0 saturated heterocycles. The minimum absolute atomic E-state index is 0.0539. The lowest BCUT2D eigenvalue weighted by molar-refractivity contribution is 0.0944. The van der Waals surface area contributed by atoms with E-state index in [1.54, 1.807) is 0 Å². The van der Waals surface area contributed by atoms with Crippen LogP contribution in [0.1, 0.15) is 36.5 Å². The van der Waals surface area contributed by atoms with Crippen molar-refractivity contribution in [2.24, 2.45) is 5.41 Å². The number of rotatable bonds is 4. The highest BCUT2D eigenvalue weighted by Crippen LogP contribution is 2.47. The summed E-state index contributed by atoms with van der Waals surface area (Å²) in [6.45, 7) is 3.03. The lowest BCUT2D eigenvalue weighted by Crippen LogP contribution is -2.29. The minimum atomic E-state index is 0.0539. The molecule has 0 heterocycles. The summed E-state index contributed by atoms with van der Waals surface area (Å²) in [7, 11) is 0. The highest BCUT2D eigenvalue weighted by Gasteiger charge is 2.40. The van der Waals surface area contributed by atoms with Gasteiger partial charge in [0, 0.05) is 15.7 Å². The predicted molar refractivity (Wildman–Crippen MR) is 73.5 cm³/mol. The molecule has 0 radical (unpaired) electrons. The maximum atomic E-state index is 11.9. The van der Waals surface area contributed by atoms with Gasteiger partial charge in [0.15, 0.2) is 0 Å². The van der Waals surface area contributed by atoms with Crippen LogP contribution in [0.4, 0.5) is 0 Å². The van der Waals surface area contributed by atoms with Crippen LogP contribution in [-0.4, -0.2) is 12.5 Å². The molecule has 3 heteroatoms. The van der Waals surface area contributed by atoms with Crippen LogP contribution in [0.25, 0.3) is 0 Å². The number of carbonyl (C=O) groups is 1. The zero-order valence-electron chi connectivity index (χ0n) is 9.42. The van der Waals surface area contributed by atoms with Crippen LogP contribution in [0.3, 0.4) is 0 Å². The van der Waals surface area contributed by atoms with Crippen molar-refractivity contribution >= 4 is 28.5 Å². The number of benzene rings is 1. The molecule has 1 saturated carbocycles. The lowest BCUT2D eigenvalue weighted by Gasteiger charge is -2.13. The van der Waals surface area contributed by atoms with Crippen molar-refractivity contribution in [1.29, 1.82) is 0 Å². The summed E-state index contributed by atoms with van der Waals surface area (Å²) >= 11 is 2.22. The third kappa shape index (κ3) is 2.75. The molecule has 1 N–H and O–H groups in total. The monoisotopic (exact) mass is 329 g/mol. The molecule has 0 unspecified atom stereocenters. The van der Waals surface area contributed by atoms with Crippen molar-refractivity contribution in [3.63, 3.8) is 0 Å². The molecule has 0 aromatic heterocycles. The molecule has 1 aliphatic carbocycles. The summed E-state index contributed by atoms with van der Waals surface area (Å²) in [4.78, 5) is 11.9. The van der Waals surface area contributed by atoms with Gasteiger partial charge < -0.3 is 5.32 Å². The van der Waals surface area contributed by atoms with Crippen molar-refractivity contribution in [3.8, 4) is 0 Å². The summed E-state index contributed by atoms with van der Waals surface area (Å²) in [6, 6.07) is 7.69. The van der Waals surface area contributed by atoms with Gasteiger partial charge >= 0.3 is 0 Å². The number of amides is 1. The molecule has 0 spiro atoms. The van der Waals surface area contributed by atoms with Crippen molar-refractivity contribution in [3.05, 3.63) is 33.4 Å². The molecule has 1 aromatic rings. The molecule has 1 fully saturated rings. The highest BCUT2D eigenvalue weighted by molar-refractivity contribution is 14.1. The number of hydrogen-bond acceptors (Lipinski definition) is 1. The van der Waals surface area contributed by atoms with E-state index in [1.165, 1.54) is 19.3 Å². The fourth-order valence-corrected chi connectivity index (χ4v) is 2.37. The van der Waals surface area contributed by atoms with E-state index in [4.69, 9.17) is 0 Å². The van der Waals surface area contributed by atoms with Crippen LogP contribution < -0.4 is 5.32 Å². The average Bonchev–Trinajstić information content (AvgIpc) is 3.07. The van der Waals surface area contributed by atoms with Gasteiger partial charge in [0.1, 0.15) is 0 Å². The molecule has 2 rings (SSSR count). The van der Waals surface area contributed by atoms with E-state index in [0.29, 0.717) is 5.41 Å². The Labute approximate surface area is 110 Å². The van der Waals surface area contributed by atoms with Gasteiger partial charge in [-0.25, -0.2) is 0 Å². The van der Waals surface area contributed by atoms with Gasteiger partial charge in [0.05, 0.1) is 0 Å². The molecule has 2 nitrogen and oxygen atoms in total. The van der Waals surface area contributed by atoms with E-state index in [9.17, 15) is 4.79 Å². The van der Waals surface area contributed by atoms with Gasteiger partial charge in [-0.3, -0.25) is 4.79 Å². The molecule has 0 aliphatic heterocycles. The number of nitrogens with one attached hydrogen (secondary N) is 1. The molecule has 16 heavy (non-hydrogen) atoms. The van der Waals surface area contributed by atoms with Crippen LogP contribution in [-0.2, 0) is 0 Å². The Kier molecular flexibility index (Phi) is 3.52. The fourth-order valence-electron chi connectivity index (χ4n) is 1.83. The Hall–Kier alpha value is -0.580. The van der Waals surface area contributed by atoms with E-state index in [-0.39, 0.29) is 5.91 Å². The van der Waals surface area contributed by atoms with Gasteiger partial charge in [0.2, 0.25) is 0 Å². The van der Waals surface area contributed by atoms with Gasteiger partial charge in [-0.15, -0.1) is 0 Å². The second kappa shape index (κ2) is 4.73. The predicted octanol–water partition coefficient (Wildman–Crippen LogP) is 3.21. The molecular formula is C13H16INO. The second-order valence-corrected chi connectivity index (χ2v) is 5.79. The highest BCUT2D eigenvalue weighted by atomic mass is 127. The Morgan fingerprint density at radius 2 is 2.25 bits per heavy atom. The van der Waals surface area contributed by atoms with Gasteiger partial charge in [-0.2, -0.15) is 0 Å². The van der Waals surface area contributed by atoms with E-state index in [0.717, 1.165) is 15.7 Å². The van der Waals surface area contributed by atoms with Crippen molar-refractivity contribution in [2.45, 2.75) is 26.2 Å². The number of hydrogen-bond donors (Lipinski definition) is 1. The Morgan fingerprint density at radius 1 is 1.50 bits per heavy atom. The van der Waals surface area contributed by atoms with Gasteiger partial charge in [-0.05, 0) is 65.5 Å². The number of carbonyl (C=O) groups excluding carboxylic acids is 1. The molecule has 86 valence electrons. The Bertz CT molecular complexity index is 399. The first-order valence-corrected chi connectivity index (χ1v) is 6.77. The van der Waals surface area contributed by atoms with E-state index in [1.807, 2.05) is 24.3 Å². The third-order valence-electron chi connectivity index (χ3n) is 3.42. The zero-order chi connectivity index (χ0) is 11.6. The standard InChI is InChI=1S/C13H16INO/c1-2-13(6-7-13)9-15-12(16)10-4-3-5-11(14)8-10/h3-5,8H,2,6-7,9H2,1H3,(H,15,16). The van der Waals surface area contributed by atoms with E-state index < -0.39 is 0 Å². The minimum Gasteiger partial charge on any atom is -0.351 e. The van der Waals surface area contributed by atoms with Gasteiger partial charge in [-0.1, -0.05) is 13.0 Å². The quantitative estimate of drug-likeness (QED) is 0.845. The van der Waals surface area contributed by atoms with Crippen LogP contribution >= 0.6 is 22.6 Å². The summed E-state index contributed by atoms with van der Waals surface area (Å²) < 4.78 is 1.10. The van der Waals surface area contributed by atoms with Crippen molar-refractivity contribution in [2.75, 3.05) is 6.54 Å². The average molecular weight is 329 g/mol. The number of halogens is 1. The van der Waals surface area contributed by atoms with Crippen LogP contribution in [0.5, 0.6) is 0 Å². The maximum Gasteiger partial charge on any atom is 0.251 e.